The fourth-order valence-corrected chi connectivity index (χ4v) is 3.20. The van der Waals surface area contributed by atoms with Crippen LogP contribution >= 0.6 is 34.0 Å². The number of methoxy groups -OCH3 is 1. The van der Waals surface area contributed by atoms with Gasteiger partial charge >= 0.3 is 12.1 Å². The molecule has 0 saturated heterocycles. The van der Waals surface area contributed by atoms with Gasteiger partial charge in [0.1, 0.15) is 22.8 Å². The van der Waals surface area contributed by atoms with Crippen molar-refractivity contribution >= 4 is 58.4 Å². The van der Waals surface area contributed by atoms with Crippen LogP contribution in [0.1, 0.15) is 64.5 Å². The van der Waals surface area contributed by atoms with E-state index in [0.717, 1.165) is 23.2 Å². The third-order valence-corrected chi connectivity index (χ3v) is 10.9. The highest BCUT2D eigenvalue weighted by Gasteiger charge is 2.22. The van der Waals surface area contributed by atoms with Crippen molar-refractivity contribution in [3.63, 3.8) is 0 Å². The number of aromatic nitrogens is 1. The van der Waals surface area contributed by atoms with E-state index in [2.05, 4.69) is 77.8 Å². The van der Waals surface area contributed by atoms with Crippen molar-refractivity contribution in [1.29, 1.82) is 0 Å². The molecule has 0 radical (unpaired) electrons. The number of thiol groups is 1. The van der Waals surface area contributed by atoms with Gasteiger partial charge in [0.2, 0.25) is 6.41 Å². The lowest BCUT2D eigenvalue weighted by molar-refractivity contribution is -0.140. The summed E-state index contributed by atoms with van der Waals surface area (Å²) in [6, 6.07) is 7.65. The average molecular weight is 691 g/mol. The van der Waals surface area contributed by atoms with Gasteiger partial charge in [-0.1, -0.05) is 45.0 Å². The van der Waals surface area contributed by atoms with E-state index in [0.29, 0.717) is 29.1 Å². The monoisotopic (exact) mass is 690 g/mol. The minimum Gasteiger partial charge on any atom is -0.468 e. The van der Waals surface area contributed by atoms with Gasteiger partial charge in [-0.3, -0.25) is 14.4 Å². The zero-order valence-electron chi connectivity index (χ0n) is 28.8. The van der Waals surface area contributed by atoms with E-state index in [1.165, 1.54) is 18.4 Å². The summed E-state index contributed by atoms with van der Waals surface area (Å²) in [6.07, 6.45) is 7.06. The predicted molar refractivity (Wildman–Crippen MR) is 191 cm³/mol. The molecule has 0 fully saturated rings. The maximum Gasteiger partial charge on any atom is 0.407 e. The first-order chi connectivity index (χ1) is 20.7. The molecular formula is C31H54N4O7S3. The first-order valence-corrected chi connectivity index (χ1v) is 18.4. The van der Waals surface area contributed by atoms with Crippen molar-refractivity contribution in [2.24, 2.45) is 0 Å². The molecular weight excluding hydrogens is 637 g/mol. The van der Waals surface area contributed by atoms with Gasteiger partial charge in [-0.2, -0.15) is 12.6 Å². The van der Waals surface area contributed by atoms with Crippen molar-refractivity contribution in [1.82, 2.24) is 20.9 Å². The lowest BCUT2D eigenvalue weighted by Gasteiger charge is -2.40. The van der Waals surface area contributed by atoms with Crippen LogP contribution in [0.3, 0.4) is 0 Å². The lowest BCUT2D eigenvalue weighted by atomic mass is 10.1. The number of amides is 3. The number of hydrogen-bond acceptors (Lipinski definition) is 10. The molecule has 14 heteroatoms. The standard InChI is InChI=1S/C19H25N3O3S2.C7H18S.C4H7NO3.CH4O/c1-12(10-26)21-16(23)15-11-27-17(22-15)14-7-5-13(6-8-14)9-20-18(24)25-19(2,3)4;1-7(2,3)8(4,5)6;1-8-4(7)2-5-3-6;1-2/h5-8,11-12,26H,9-10H2,1-4H3,(H,20,24)(H,21,23);1-6H3;3H,2H2,1H3,(H,5,6);2H,1H3. The maximum atomic E-state index is 12.1. The van der Waals surface area contributed by atoms with Crippen molar-refractivity contribution < 1.29 is 33.8 Å². The molecule has 1 aromatic heterocycles. The van der Waals surface area contributed by atoms with Crippen molar-refractivity contribution in [2.75, 3.05) is 45.3 Å². The number of esters is 1. The Morgan fingerprint density at radius 1 is 1.07 bits per heavy atom. The molecule has 1 atom stereocenters. The van der Waals surface area contributed by atoms with Crippen LogP contribution in [0.2, 0.25) is 0 Å². The van der Waals surface area contributed by atoms with E-state index in [9.17, 15) is 19.2 Å². The Hall–Kier alpha value is -2.81. The Kier molecular flexibility index (Phi) is 21.5. The summed E-state index contributed by atoms with van der Waals surface area (Å²) < 4.78 is 9.92. The number of aliphatic hydroxyl groups is 1. The molecule has 0 aliphatic carbocycles. The normalized spacial score (nSPS) is 11.8. The molecule has 1 aromatic carbocycles. The molecule has 4 N–H and O–H groups in total. The first-order valence-electron chi connectivity index (χ1n) is 14.0. The Balaban J connectivity index is 0. The SMILES string of the molecule is CC(C)(C)S(C)(C)C.CC(CS)NC(=O)c1csc(-c2ccc(CNC(=O)OC(C)(C)C)cc2)n1.CO.COC(=O)CNC=O. The fourth-order valence-electron chi connectivity index (χ4n) is 2.30. The number of thiazole rings is 1. The van der Waals surface area contributed by atoms with E-state index in [1.807, 2.05) is 52.0 Å². The van der Waals surface area contributed by atoms with Crippen LogP contribution in [-0.4, -0.2) is 96.1 Å². The Morgan fingerprint density at radius 2 is 1.60 bits per heavy atom. The van der Waals surface area contributed by atoms with Crippen molar-refractivity contribution in [3.05, 3.63) is 40.9 Å². The summed E-state index contributed by atoms with van der Waals surface area (Å²) >= 11 is 5.57. The summed E-state index contributed by atoms with van der Waals surface area (Å²) in [4.78, 5) is 47.8. The Morgan fingerprint density at radius 3 is 2.02 bits per heavy atom. The molecule has 0 aliphatic heterocycles. The predicted octanol–water partition coefficient (Wildman–Crippen LogP) is 4.88. The van der Waals surface area contributed by atoms with Gasteiger partial charge < -0.3 is 30.5 Å². The number of rotatable bonds is 9. The van der Waals surface area contributed by atoms with Crippen LogP contribution < -0.4 is 16.0 Å². The maximum absolute atomic E-state index is 12.1. The van der Waals surface area contributed by atoms with Gasteiger partial charge in [-0.25, -0.2) is 19.8 Å². The number of carbonyl (C=O) groups excluding carboxylic acids is 4. The zero-order chi connectivity index (χ0) is 35.4. The van der Waals surface area contributed by atoms with Gasteiger partial charge in [0.15, 0.2) is 0 Å². The molecule has 45 heavy (non-hydrogen) atoms. The van der Waals surface area contributed by atoms with Crippen LogP contribution in [0.15, 0.2) is 29.6 Å². The second-order valence-corrected chi connectivity index (χ2v) is 18.3. The Bertz CT molecular complexity index is 1140. The third kappa shape index (κ3) is 20.8. The van der Waals surface area contributed by atoms with Gasteiger partial charge in [-0.05, 0) is 56.8 Å². The number of aliphatic hydroxyl groups excluding tert-OH is 1. The van der Waals surface area contributed by atoms with Crippen LogP contribution in [0.5, 0.6) is 0 Å². The van der Waals surface area contributed by atoms with E-state index in [1.54, 1.807) is 5.38 Å². The summed E-state index contributed by atoms with van der Waals surface area (Å²) in [5.41, 5.74) is 1.75. The molecule has 0 aliphatic rings. The minimum absolute atomic E-state index is 0.0114. The number of alkyl carbamates (subject to hydrolysis) is 1. The third-order valence-electron chi connectivity index (χ3n) is 5.82. The molecule has 0 bridgehead atoms. The van der Waals surface area contributed by atoms with Crippen molar-refractivity contribution in [2.45, 2.75) is 71.4 Å². The average Bonchev–Trinajstić information content (AvgIpc) is 3.45. The molecule has 2 aromatic rings. The van der Waals surface area contributed by atoms with E-state index in [4.69, 9.17) is 9.84 Å². The van der Waals surface area contributed by atoms with E-state index >= 15 is 0 Å². The summed E-state index contributed by atoms with van der Waals surface area (Å²) in [6.45, 7) is 14.6. The molecule has 1 heterocycles. The molecule has 1 unspecified atom stereocenters. The van der Waals surface area contributed by atoms with Gasteiger partial charge in [0.05, 0.1) is 7.11 Å². The number of ether oxygens (including phenoxy) is 2. The second-order valence-electron chi connectivity index (χ2n) is 12.2. The van der Waals surface area contributed by atoms with E-state index < -0.39 is 17.7 Å². The molecule has 11 nitrogen and oxygen atoms in total. The quantitative estimate of drug-likeness (QED) is 0.142. The zero-order valence-corrected chi connectivity index (χ0v) is 31.3. The highest BCUT2D eigenvalue weighted by atomic mass is 32.3. The first kappa shape index (κ1) is 44.3. The number of benzene rings is 1. The smallest absolute Gasteiger partial charge is 0.407 e. The van der Waals surface area contributed by atoms with Crippen molar-refractivity contribution in [3.8, 4) is 10.6 Å². The van der Waals surface area contributed by atoms with Gasteiger partial charge in [-0.15, -0.1) is 11.3 Å². The summed E-state index contributed by atoms with van der Waals surface area (Å²) in [5.74, 6) is -0.0732. The molecule has 2 rings (SSSR count). The highest BCUT2D eigenvalue weighted by Crippen LogP contribution is 2.48. The minimum atomic E-state index is -0.520. The summed E-state index contributed by atoms with van der Waals surface area (Å²) in [7, 11) is 1.92. The lowest BCUT2D eigenvalue weighted by Crippen LogP contribution is -2.33. The largest absolute Gasteiger partial charge is 0.468 e. The van der Waals surface area contributed by atoms with E-state index in [-0.39, 0.29) is 28.5 Å². The topological polar surface area (TPSA) is 156 Å². The number of carbonyl (C=O) groups is 4. The van der Waals surface area contributed by atoms with Crippen LogP contribution in [-0.2, 0) is 25.6 Å². The molecule has 3 amide bonds. The molecule has 0 spiro atoms. The van der Waals surface area contributed by atoms with Gasteiger partial charge in [0.25, 0.3) is 5.91 Å². The highest BCUT2D eigenvalue weighted by molar-refractivity contribution is 8.33. The van der Waals surface area contributed by atoms with Gasteiger partial charge in [0, 0.05) is 36.4 Å². The fraction of sp³-hybridized carbons (Fsp3) is 0.581. The van der Waals surface area contributed by atoms with Crippen LogP contribution in [0, 0.1) is 0 Å². The number of hydrogen-bond donors (Lipinski definition) is 5. The number of nitrogens with one attached hydrogen (secondary N) is 3. The number of nitrogens with zero attached hydrogens (tertiary/aromatic N) is 1. The molecule has 0 saturated carbocycles. The van der Waals surface area contributed by atoms with Crippen LogP contribution in [0.4, 0.5) is 4.79 Å². The molecule has 258 valence electrons. The summed E-state index contributed by atoms with van der Waals surface area (Å²) in [5, 5.41) is 17.2. The van der Waals surface area contributed by atoms with Crippen LogP contribution in [0.25, 0.3) is 10.6 Å². The second kappa shape index (κ2) is 21.8. The Labute approximate surface area is 280 Å².